The van der Waals surface area contributed by atoms with Crippen molar-refractivity contribution >= 4 is 17.3 Å². The zero-order valence-corrected chi connectivity index (χ0v) is 10.4. The van der Waals surface area contributed by atoms with Crippen LogP contribution < -0.4 is 4.74 Å². The quantitative estimate of drug-likeness (QED) is 0.712. The summed E-state index contributed by atoms with van der Waals surface area (Å²) in [6, 6.07) is 3.70. The second-order valence-electron chi connectivity index (χ2n) is 4.31. The summed E-state index contributed by atoms with van der Waals surface area (Å²) in [7, 11) is 0. The lowest BCUT2D eigenvalue weighted by atomic mass is 9.87. The zero-order chi connectivity index (χ0) is 11.3. The summed E-state index contributed by atoms with van der Waals surface area (Å²) in [5, 5.41) is 2.59. The average Bonchev–Trinajstić information content (AvgIpc) is 2.67. The van der Waals surface area contributed by atoms with Crippen LogP contribution in [-0.2, 0) is 4.79 Å². The van der Waals surface area contributed by atoms with E-state index in [1.165, 1.54) is 11.3 Å². The van der Waals surface area contributed by atoms with Crippen LogP contribution in [0, 0.1) is 5.41 Å². The van der Waals surface area contributed by atoms with Crippen molar-refractivity contribution in [1.82, 2.24) is 0 Å². The number of rotatable bonds is 5. The molecule has 0 fully saturated rings. The molecule has 1 heterocycles. The van der Waals surface area contributed by atoms with E-state index >= 15 is 0 Å². The van der Waals surface area contributed by atoms with E-state index in [0.29, 0.717) is 5.06 Å². The minimum Gasteiger partial charge on any atom is -0.415 e. The smallest absolute Gasteiger partial charge is 0.317 e. The number of hydrogen-bond acceptors (Lipinski definition) is 3. The largest absolute Gasteiger partial charge is 0.415 e. The molecule has 1 aromatic rings. The normalized spacial score (nSPS) is 11.4. The summed E-state index contributed by atoms with van der Waals surface area (Å²) in [5.41, 5.74) is -0.375. The number of esters is 1. The molecule has 0 atom stereocenters. The van der Waals surface area contributed by atoms with Gasteiger partial charge in [-0.25, -0.2) is 0 Å². The van der Waals surface area contributed by atoms with Gasteiger partial charge in [-0.1, -0.05) is 19.8 Å². The van der Waals surface area contributed by atoms with Gasteiger partial charge < -0.3 is 4.74 Å². The highest BCUT2D eigenvalue weighted by atomic mass is 32.1. The van der Waals surface area contributed by atoms with Crippen molar-refractivity contribution in [2.45, 2.75) is 40.0 Å². The van der Waals surface area contributed by atoms with Gasteiger partial charge >= 0.3 is 5.97 Å². The SMILES string of the molecule is CCCCC(C)(C)C(=O)Oc1cccs1. The first-order valence-electron chi connectivity index (χ1n) is 5.32. The molecule has 0 aliphatic heterocycles. The predicted molar refractivity (Wildman–Crippen MR) is 63.3 cm³/mol. The minimum absolute atomic E-state index is 0.126. The summed E-state index contributed by atoms with van der Waals surface area (Å²) in [4.78, 5) is 11.8. The zero-order valence-electron chi connectivity index (χ0n) is 9.58. The highest BCUT2D eigenvalue weighted by Gasteiger charge is 2.29. The molecule has 1 aromatic heterocycles. The predicted octanol–water partition coefficient (Wildman–Crippen LogP) is 3.87. The molecule has 0 N–H and O–H groups in total. The van der Waals surface area contributed by atoms with Gasteiger partial charge in [-0.05, 0) is 37.8 Å². The summed E-state index contributed by atoms with van der Waals surface area (Å²) in [5.74, 6) is -0.126. The first-order valence-corrected chi connectivity index (χ1v) is 6.20. The fourth-order valence-electron chi connectivity index (χ4n) is 1.27. The maximum atomic E-state index is 11.8. The molecule has 3 heteroatoms. The van der Waals surface area contributed by atoms with Crippen molar-refractivity contribution in [3.05, 3.63) is 17.5 Å². The molecule has 1 rings (SSSR count). The number of carbonyl (C=O) groups is 1. The Morgan fingerprint density at radius 1 is 1.53 bits per heavy atom. The lowest BCUT2D eigenvalue weighted by Gasteiger charge is -2.21. The van der Waals surface area contributed by atoms with Gasteiger partial charge in [0.1, 0.15) is 0 Å². The molecule has 2 nitrogen and oxygen atoms in total. The summed E-state index contributed by atoms with van der Waals surface area (Å²) < 4.78 is 5.30. The van der Waals surface area contributed by atoms with Crippen LogP contribution in [-0.4, -0.2) is 5.97 Å². The Labute approximate surface area is 95.3 Å². The molecular formula is C12H18O2S. The molecule has 0 aliphatic rings. The van der Waals surface area contributed by atoms with Gasteiger partial charge in [0.25, 0.3) is 0 Å². The maximum Gasteiger partial charge on any atom is 0.317 e. The fraction of sp³-hybridized carbons (Fsp3) is 0.583. The van der Waals surface area contributed by atoms with Crippen molar-refractivity contribution in [2.75, 3.05) is 0 Å². The molecule has 0 amide bonds. The first-order chi connectivity index (χ1) is 7.06. The van der Waals surface area contributed by atoms with Crippen LogP contribution in [0.15, 0.2) is 17.5 Å². The highest BCUT2D eigenvalue weighted by molar-refractivity contribution is 7.11. The van der Waals surface area contributed by atoms with Crippen molar-refractivity contribution in [3.63, 3.8) is 0 Å². The molecule has 84 valence electrons. The molecule has 0 unspecified atom stereocenters. The number of unbranched alkanes of at least 4 members (excludes halogenated alkanes) is 1. The van der Waals surface area contributed by atoms with Gasteiger partial charge in [0.15, 0.2) is 5.06 Å². The second kappa shape index (κ2) is 5.31. The Kier molecular flexibility index (Phi) is 4.33. The third-order valence-corrected chi connectivity index (χ3v) is 3.14. The van der Waals surface area contributed by atoms with Crippen molar-refractivity contribution in [2.24, 2.45) is 5.41 Å². The third-order valence-electron chi connectivity index (χ3n) is 2.40. The van der Waals surface area contributed by atoms with E-state index in [9.17, 15) is 4.79 Å². The molecule has 0 aromatic carbocycles. The molecule has 0 spiro atoms. The monoisotopic (exact) mass is 226 g/mol. The number of carbonyl (C=O) groups excluding carboxylic acids is 1. The Morgan fingerprint density at radius 3 is 2.80 bits per heavy atom. The topological polar surface area (TPSA) is 26.3 Å². The van der Waals surface area contributed by atoms with E-state index in [-0.39, 0.29) is 11.4 Å². The molecule has 0 bridgehead atoms. The number of thiophene rings is 1. The van der Waals surface area contributed by atoms with Crippen LogP contribution in [0.2, 0.25) is 0 Å². The molecule has 15 heavy (non-hydrogen) atoms. The fourth-order valence-corrected chi connectivity index (χ4v) is 1.84. The lowest BCUT2D eigenvalue weighted by Crippen LogP contribution is -2.28. The van der Waals surface area contributed by atoms with Gasteiger partial charge in [0, 0.05) is 0 Å². The summed E-state index contributed by atoms with van der Waals surface area (Å²) in [6.45, 7) is 6.01. The van der Waals surface area contributed by atoms with Gasteiger partial charge in [-0.2, -0.15) is 0 Å². The van der Waals surface area contributed by atoms with E-state index in [1.807, 2.05) is 31.4 Å². The highest BCUT2D eigenvalue weighted by Crippen LogP contribution is 2.28. The van der Waals surface area contributed by atoms with Crippen LogP contribution >= 0.6 is 11.3 Å². The van der Waals surface area contributed by atoms with E-state index in [0.717, 1.165) is 19.3 Å². The third kappa shape index (κ3) is 3.67. The molecule has 0 saturated carbocycles. The van der Waals surface area contributed by atoms with Crippen LogP contribution in [0.5, 0.6) is 5.06 Å². The van der Waals surface area contributed by atoms with E-state index < -0.39 is 0 Å². The molecule has 0 radical (unpaired) electrons. The van der Waals surface area contributed by atoms with Crippen molar-refractivity contribution < 1.29 is 9.53 Å². The van der Waals surface area contributed by atoms with Gasteiger partial charge in [0.2, 0.25) is 0 Å². The minimum atomic E-state index is -0.375. The maximum absolute atomic E-state index is 11.8. The van der Waals surface area contributed by atoms with Gasteiger partial charge in [-0.15, -0.1) is 11.3 Å². The van der Waals surface area contributed by atoms with Gasteiger partial charge in [0.05, 0.1) is 5.41 Å². The van der Waals surface area contributed by atoms with Crippen LogP contribution in [0.25, 0.3) is 0 Å². The van der Waals surface area contributed by atoms with Crippen molar-refractivity contribution in [1.29, 1.82) is 0 Å². The first kappa shape index (κ1) is 12.2. The Balaban J connectivity index is 2.52. The van der Waals surface area contributed by atoms with Gasteiger partial charge in [-0.3, -0.25) is 4.79 Å². The Hall–Kier alpha value is -0.830. The average molecular weight is 226 g/mol. The van der Waals surface area contributed by atoms with Crippen molar-refractivity contribution in [3.8, 4) is 5.06 Å². The standard InChI is InChI=1S/C12H18O2S/c1-4-5-8-12(2,3)11(13)14-10-7-6-9-15-10/h6-7,9H,4-5,8H2,1-3H3. The summed E-state index contributed by atoms with van der Waals surface area (Å²) in [6.07, 6.45) is 3.05. The molecule has 0 aliphatic carbocycles. The Morgan fingerprint density at radius 2 is 2.27 bits per heavy atom. The second-order valence-corrected chi connectivity index (χ2v) is 5.22. The van der Waals surface area contributed by atoms with Crippen LogP contribution in [0.1, 0.15) is 40.0 Å². The number of hydrogen-bond donors (Lipinski definition) is 0. The van der Waals surface area contributed by atoms with Crippen LogP contribution in [0.3, 0.4) is 0 Å². The van der Waals surface area contributed by atoms with E-state index in [1.54, 1.807) is 0 Å². The van der Waals surface area contributed by atoms with E-state index in [4.69, 9.17) is 4.74 Å². The van der Waals surface area contributed by atoms with E-state index in [2.05, 4.69) is 6.92 Å². The lowest BCUT2D eigenvalue weighted by molar-refractivity contribution is -0.144. The van der Waals surface area contributed by atoms with Crippen LogP contribution in [0.4, 0.5) is 0 Å². The Bertz CT molecular complexity index is 301. The summed E-state index contributed by atoms with van der Waals surface area (Å²) >= 11 is 1.45. The molecule has 0 saturated heterocycles. The molecular weight excluding hydrogens is 208 g/mol. The number of ether oxygens (including phenoxy) is 1.